The van der Waals surface area contributed by atoms with Gasteiger partial charge in [-0.3, -0.25) is 4.79 Å². The topological polar surface area (TPSA) is 32.3 Å². The van der Waals surface area contributed by atoms with E-state index in [1.807, 2.05) is 38.1 Å². The van der Waals surface area contributed by atoms with Gasteiger partial charge in [-0.25, -0.2) is 4.39 Å². The molecule has 1 saturated heterocycles. The zero-order valence-electron chi connectivity index (χ0n) is 17.1. The Labute approximate surface area is 189 Å². The number of hydrogen-bond donors (Lipinski definition) is 1. The van der Waals surface area contributed by atoms with E-state index < -0.39 is 0 Å². The van der Waals surface area contributed by atoms with Crippen LogP contribution in [0.2, 0.25) is 0 Å². The molecule has 6 heteroatoms. The molecule has 1 amide bonds. The Morgan fingerprint density at radius 1 is 1.17 bits per heavy atom. The van der Waals surface area contributed by atoms with Crippen LogP contribution >= 0.6 is 31.9 Å². The Kier molecular flexibility index (Phi) is 7.18. The van der Waals surface area contributed by atoms with Crippen LogP contribution in [-0.2, 0) is 16.8 Å². The second-order valence-corrected chi connectivity index (χ2v) is 9.97. The molecule has 0 bridgehead atoms. The molecule has 3 rings (SSSR count). The summed E-state index contributed by atoms with van der Waals surface area (Å²) in [7, 11) is 2.11. The molecule has 1 atom stereocenters. The van der Waals surface area contributed by atoms with Gasteiger partial charge >= 0.3 is 0 Å². The van der Waals surface area contributed by atoms with Crippen molar-refractivity contribution in [1.82, 2.24) is 10.2 Å². The third-order valence-electron chi connectivity index (χ3n) is 6.22. The predicted octanol–water partition coefficient (Wildman–Crippen LogP) is 5.58. The lowest BCUT2D eigenvalue weighted by Crippen LogP contribution is -2.50. The van der Waals surface area contributed by atoms with Crippen molar-refractivity contribution in [2.75, 3.05) is 20.1 Å². The van der Waals surface area contributed by atoms with Crippen molar-refractivity contribution in [3.63, 3.8) is 0 Å². The molecule has 1 fully saturated rings. The van der Waals surface area contributed by atoms with Gasteiger partial charge in [-0.2, -0.15) is 0 Å². The minimum absolute atomic E-state index is 0.0365. The van der Waals surface area contributed by atoms with Gasteiger partial charge in [-0.1, -0.05) is 44.8 Å². The van der Waals surface area contributed by atoms with Crippen LogP contribution in [0, 0.1) is 18.7 Å². The molecule has 3 nitrogen and oxygen atoms in total. The highest BCUT2D eigenvalue weighted by molar-refractivity contribution is 9.11. The van der Waals surface area contributed by atoms with Gasteiger partial charge in [0.25, 0.3) is 0 Å². The first-order valence-corrected chi connectivity index (χ1v) is 11.5. The summed E-state index contributed by atoms with van der Waals surface area (Å²) >= 11 is 6.98. The van der Waals surface area contributed by atoms with E-state index in [0.29, 0.717) is 6.54 Å². The molecule has 1 aliphatic heterocycles. The molecule has 1 aliphatic rings. The third kappa shape index (κ3) is 5.09. The second kappa shape index (κ2) is 9.27. The molecule has 2 aromatic rings. The van der Waals surface area contributed by atoms with Crippen molar-refractivity contribution in [3.05, 3.63) is 67.9 Å². The Bertz CT molecular complexity index is 874. The lowest BCUT2D eigenvalue weighted by Gasteiger charge is -2.45. The number of benzene rings is 2. The van der Waals surface area contributed by atoms with Gasteiger partial charge in [0.15, 0.2) is 0 Å². The summed E-state index contributed by atoms with van der Waals surface area (Å²) in [6, 6.07) is 11.0. The lowest BCUT2D eigenvalue weighted by atomic mass is 9.63. The monoisotopic (exact) mass is 524 g/mol. The standard InChI is InChI=1S/C23H27Br2FN2O/c1-15-10-20(26)4-5-21(15)23(6-8-28(3)9-7-23)16(2)22(29)27-14-17-11-18(24)13-19(25)12-17/h4-5,10-13,16H,6-9,14H2,1-3H3,(H,27,29). The molecule has 0 aromatic heterocycles. The minimum atomic E-state index is -0.285. The number of piperidine rings is 1. The maximum Gasteiger partial charge on any atom is 0.223 e. The zero-order valence-corrected chi connectivity index (χ0v) is 20.2. The summed E-state index contributed by atoms with van der Waals surface area (Å²) in [5.41, 5.74) is 2.76. The summed E-state index contributed by atoms with van der Waals surface area (Å²) < 4.78 is 15.7. The van der Waals surface area contributed by atoms with E-state index in [-0.39, 0.29) is 23.1 Å². The lowest BCUT2D eigenvalue weighted by molar-refractivity contribution is -0.127. The van der Waals surface area contributed by atoms with Gasteiger partial charge in [0.05, 0.1) is 0 Å². The van der Waals surface area contributed by atoms with E-state index in [2.05, 4.69) is 49.1 Å². The maximum atomic E-state index is 13.7. The molecule has 0 spiro atoms. The van der Waals surface area contributed by atoms with Gasteiger partial charge in [0.1, 0.15) is 5.82 Å². The fraction of sp³-hybridized carbons (Fsp3) is 0.435. The third-order valence-corrected chi connectivity index (χ3v) is 7.13. The first kappa shape index (κ1) is 22.4. The molecule has 29 heavy (non-hydrogen) atoms. The molecule has 0 radical (unpaired) electrons. The van der Waals surface area contributed by atoms with E-state index in [0.717, 1.165) is 51.6 Å². The van der Waals surface area contributed by atoms with Gasteiger partial charge in [0.2, 0.25) is 5.91 Å². The SMILES string of the molecule is Cc1cc(F)ccc1C1(C(C)C(=O)NCc2cc(Br)cc(Br)c2)CCN(C)CC1. The van der Waals surface area contributed by atoms with E-state index in [1.165, 1.54) is 6.07 Å². The van der Waals surface area contributed by atoms with Crippen molar-refractivity contribution >= 4 is 37.8 Å². The number of hydrogen-bond acceptors (Lipinski definition) is 2. The summed E-state index contributed by atoms with van der Waals surface area (Å²) in [5.74, 6) is -0.406. The summed E-state index contributed by atoms with van der Waals surface area (Å²) in [6.07, 6.45) is 1.76. The van der Waals surface area contributed by atoms with Crippen LogP contribution in [0.25, 0.3) is 0 Å². The van der Waals surface area contributed by atoms with Crippen LogP contribution in [0.5, 0.6) is 0 Å². The van der Waals surface area contributed by atoms with E-state index in [4.69, 9.17) is 0 Å². The van der Waals surface area contributed by atoms with Gasteiger partial charge < -0.3 is 10.2 Å². The van der Waals surface area contributed by atoms with Crippen molar-refractivity contribution in [3.8, 4) is 0 Å². The average Bonchev–Trinajstić information content (AvgIpc) is 2.66. The van der Waals surface area contributed by atoms with Crippen molar-refractivity contribution in [2.24, 2.45) is 5.92 Å². The van der Waals surface area contributed by atoms with E-state index in [9.17, 15) is 9.18 Å². The number of nitrogens with one attached hydrogen (secondary N) is 1. The van der Waals surface area contributed by atoms with Gasteiger partial charge in [-0.05, 0) is 86.9 Å². The first-order valence-electron chi connectivity index (χ1n) is 9.89. The van der Waals surface area contributed by atoms with Crippen molar-refractivity contribution < 1.29 is 9.18 Å². The number of amides is 1. The van der Waals surface area contributed by atoms with Gasteiger partial charge in [0, 0.05) is 26.8 Å². The summed E-state index contributed by atoms with van der Waals surface area (Å²) in [4.78, 5) is 15.5. The fourth-order valence-corrected chi connectivity index (χ4v) is 5.83. The van der Waals surface area contributed by atoms with Crippen molar-refractivity contribution in [2.45, 2.75) is 38.6 Å². The number of carbonyl (C=O) groups is 1. The average molecular weight is 526 g/mol. The highest BCUT2D eigenvalue weighted by Crippen LogP contribution is 2.43. The number of nitrogens with zero attached hydrogens (tertiary/aromatic N) is 1. The first-order chi connectivity index (χ1) is 13.7. The van der Waals surface area contributed by atoms with Crippen LogP contribution in [0.4, 0.5) is 4.39 Å². The summed E-state index contributed by atoms with van der Waals surface area (Å²) in [6.45, 7) is 6.28. The highest BCUT2D eigenvalue weighted by atomic mass is 79.9. The Morgan fingerprint density at radius 2 is 1.79 bits per heavy atom. The van der Waals surface area contributed by atoms with Crippen LogP contribution in [0.3, 0.4) is 0 Å². The number of aryl methyl sites for hydroxylation is 1. The van der Waals surface area contributed by atoms with Crippen LogP contribution in [0.15, 0.2) is 45.3 Å². The molecule has 1 N–H and O–H groups in total. The Morgan fingerprint density at radius 3 is 2.38 bits per heavy atom. The molecule has 2 aromatic carbocycles. The molecule has 0 aliphatic carbocycles. The fourth-order valence-electron chi connectivity index (χ4n) is 4.45. The molecule has 0 saturated carbocycles. The van der Waals surface area contributed by atoms with Gasteiger partial charge in [-0.15, -0.1) is 0 Å². The zero-order chi connectivity index (χ0) is 21.2. The molecule has 1 unspecified atom stereocenters. The Balaban J connectivity index is 1.84. The molecular weight excluding hydrogens is 499 g/mol. The largest absolute Gasteiger partial charge is 0.352 e. The van der Waals surface area contributed by atoms with E-state index >= 15 is 0 Å². The number of carbonyl (C=O) groups excluding carboxylic acids is 1. The predicted molar refractivity (Wildman–Crippen MR) is 122 cm³/mol. The quantitative estimate of drug-likeness (QED) is 0.553. The van der Waals surface area contributed by atoms with Crippen molar-refractivity contribution in [1.29, 1.82) is 0 Å². The highest BCUT2D eigenvalue weighted by Gasteiger charge is 2.44. The molecule has 156 valence electrons. The number of likely N-dealkylation sites (tertiary alicyclic amines) is 1. The normalized spacial score (nSPS) is 17.7. The number of rotatable bonds is 5. The van der Waals surface area contributed by atoms with Crippen LogP contribution in [-0.4, -0.2) is 30.9 Å². The Hall–Kier alpha value is -1.24. The molecular formula is C23H27Br2FN2O. The maximum absolute atomic E-state index is 13.7. The molecule has 1 heterocycles. The van der Waals surface area contributed by atoms with Crippen LogP contribution in [0.1, 0.15) is 36.5 Å². The van der Waals surface area contributed by atoms with E-state index in [1.54, 1.807) is 6.07 Å². The summed E-state index contributed by atoms with van der Waals surface area (Å²) in [5, 5.41) is 3.12. The number of halogens is 3. The smallest absolute Gasteiger partial charge is 0.223 e. The minimum Gasteiger partial charge on any atom is -0.352 e. The van der Waals surface area contributed by atoms with Crippen LogP contribution < -0.4 is 5.32 Å². The second-order valence-electron chi connectivity index (χ2n) is 8.14.